The Morgan fingerprint density at radius 3 is 2.70 bits per heavy atom. The van der Waals surface area contributed by atoms with Crippen LogP contribution in [0.1, 0.15) is 25.7 Å². The standard InChI is InChI=1S/C14H18N2O3S/c1-10-5-7-16(8-6-10)20(17,18)12-3-4-13-14(9-12)19-11(2)15-13/h3-4,9-10H,5-8H2,1-2H3. The summed E-state index contributed by atoms with van der Waals surface area (Å²) in [4.78, 5) is 4.47. The van der Waals surface area contributed by atoms with Gasteiger partial charge < -0.3 is 4.42 Å². The van der Waals surface area contributed by atoms with Crippen LogP contribution in [-0.2, 0) is 10.0 Å². The molecule has 3 rings (SSSR count). The first-order chi connectivity index (χ1) is 9.46. The molecule has 0 atom stereocenters. The molecule has 0 aliphatic carbocycles. The molecule has 1 saturated heterocycles. The smallest absolute Gasteiger partial charge is 0.243 e. The van der Waals surface area contributed by atoms with Gasteiger partial charge in [-0.3, -0.25) is 0 Å². The zero-order valence-electron chi connectivity index (χ0n) is 11.7. The van der Waals surface area contributed by atoms with Crippen LogP contribution in [-0.4, -0.2) is 30.8 Å². The van der Waals surface area contributed by atoms with Gasteiger partial charge >= 0.3 is 0 Å². The number of oxazole rings is 1. The quantitative estimate of drug-likeness (QED) is 0.854. The summed E-state index contributed by atoms with van der Waals surface area (Å²) in [6.45, 7) is 5.10. The predicted octanol–water partition coefficient (Wildman–Crippen LogP) is 2.56. The van der Waals surface area contributed by atoms with E-state index in [4.69, 9.17) is 4.42 Å². The summed E-state index contributed by atoms with van der Waals surface area (Å²) >= 11 is 0. The zero-order chi connectivity index (χ0) is 14.3. The summed E-state index contributed by atoms with van der Waals surface area (Å²) in [6, 6.07) is 4.88. The lowest BCUT2D eigenvalue weighted by molar-refractivity contribution is 0.288. The highest BCUT2D eigenvalue weighted by Gasteiger charge is 2.28. The SMILES string of the molecule is Cc1nc2ccc(S(=O)(=O)N3CCC(C)CC3)cc2o1. The van der Waals surface area contributed by atoms with Crippen LogP contribution in [0.15, 0.2) is 27.5 Å². The summed E-state index contributed by atoms with van der Waals surface area (Å²) < 4.78 is 32.2. The van der Waals surface area contributed by atoms with E-state index < -0.39 is 10.0 Å². The van der Waals surface area contributed by atoms with Gasteiger partial charge in [0.25, 0.3) is 0 Å². The molecular formula is C14H18N2O3S. The number of piperidine rings is 1. The molecule has 0 spiro atoms. The maximum absolute atomic E-state index is 12.6. The number of hydrogen-bond acceptors (Lipinski definition) is 4. The van der Waals surface area contributed by atoms with Gasteiger partial charge in [-0.25, -0.2) is 13.4 Å². The Balaban J connectivity index is 1.96. The molecule has 2 heterocycles. The average Bonchev–Trinajstić information content (AvgIpc) is 2.78. The van der Waals surface area contributed by atoms with Crippen LogP contribution >= 0.6 is 0 Å². The van der Waals surface area contributed by atoms with Crippen molar-refractivity contribution in [2.24, 2.45) is 5.92 Å². The van der Waals surface area contributed by atoms with Gasteiger partial charge in [-0.05, 0) is 30.9 Å². The number of fused-ring (bicyclic) bond motifs is 1. The molecule has 0 unspecified atom stereocenters. The van der Waals surface area contributed by atoms with Crippen LogP contribution in [0.2, 0.25) is 0 Å². The zero-order valence-corrected chi connectivity index (χ0v) is 12.5. The number of hydrogen-bond donors (Lipinski definition) is 0. The third-order valence-electron chi connectivity index (χ3n) is 3.85. The molecule has 1 aromatic heterocycles. The van der Waals surface area contributed by atoms with E-state index in [1.165, 1.54) is 0 Å². The van der Waals surface area contributed by atoms with E-state index in [-0.39, 0.29) is 4.90 Å². The van der Waals surface area contributed by atoms with Gasteiger partial charge in [-0.1, -0.05) is 6.92 Å². The van der Waals surface area contributed by atoms with Crippen molar-refractivity contribution in [3.8, 4) is 0 Å². The molecular weight excluding hydrogens is 276 g/mol. The molecule has 0 N–H and O–H groups in total. The molecule has 108 valence electrons. The van der Waals surface area contributed by atoms with Gasteiger partial charge in [-0.15, -0.1) is 0 Å². The fourth-order valence-corrected chi connectivity index (χ4v) is 4.04. The molecule has 20 heavy (non-hydrogen) atoms. The molecule has 1 aromatic carbocycles. The van der Waals surface area contributed by atoms with E-state index in [1.54, 1.807) is 29.4 Å². The Labute approximate surface area is 118 Å². The van der Waals surface area contributed by atoms with Crippen molar-refractivity contribution in [2.75, 3.05) is 13.1 Å². The van der Waals surface area contributed by atoms with Crippen molar-refractivity contribution in [1.29, 1.82) is 0 Å². The predicted molar refractivity (Wildman–Crippen MR) is 75.9 cm³/mol. The third-order valence-corrected chi connectivity index (χ3v) is 5.74. The minimum absolute atomic E-state index is 0.288. The summed E-state index contributed by atoms with van der Waals surface area (Å²) in [5.74, 6) is 1.14. The van der Waals surface area contributed by atoms with Crippen LogP contribution < -0.4 is 0 Å². The Kier molecular flexibility index (Phi) is 3.30. The first kappa shape index (κ1) is 13.6. The van der Waals surface area contributed by atoms with E-state index in [9.17, 15) is 8.42 Å². The van der Waals surface area contributed by atoms with Crippen molar-refractivity contribution in [1.82, 2.24) is 9.29 Å². The summed E-state index contributed by atoms with van der Waals surface area (Å²) in [5.41, 5.74) is 1.21. The number of rotatable bonds is 2. The van der Waals surface area contributed by atoms with Crippen molar-refractivity contribution < 1.29 is 12.8 Å². The maximum Gasteiger partial charge on any atom is 0.243 e. The van der Waals surface area contributed by atoms with Crippen LogP contribution in [0.25, 0.3) is 11.1 Å². The van der Waals surface area contributed by atoms with Crippen molar-refractivity contribution in [2.45, 2.75) is 31.6 Å². The number of aryl methyl sites for hydroxylation is 1. The van der Waals surface area contributed by atoms with Crippen molar-refractivity contribution >= 4 is 21.1 Å². The second-order valence-corrected chi connectivity index (χ2v) is 7.39. The molecule has 0 bridgehead atoms. The molecule has 2 aromatic rings. The molecule has 1 aliphatic heterocycles. The fourth-order valence-electron chi connectivity index (χ4n) is 2.55. The summed E-state index contributed by atoms with van der Waals surface area (Å²) in [5, 5.41) is 0. The fraction of sp³-hybridized carbons (Fsp3) is 0.500. The number of sulfonamides is 1. The highest BCUT2D eigenvalue weighted by Crippen LogP contribution is 2.26. The van der Waals surface area contributed by atoms with Crippen LogP contribution in [0.5, 0.6) is 0 Å². The van der Waals surface area contributed by atoms with Gasteiger partial charge in [-0.2, -0.15) is 4.31 Å². The minimum Gasteiger partial charge on any atom is -0.441 e. The Morgan fingerprint density at radius 1 is 1.30 bits per heavy atom. The number of nitrogens with zero attached hydrogens (tertiary/aromatic N) is 2. The Bertz CT molecular complexity index is 728. The second-order valence-electron chi connectivity index (χ2n) is 5.45. The monoisotopic (exact) mass is 294 g/mol. The number of benzene rings is 1. The molecule has 0 amide bonds. The van der Waals surface area contributed by atoms with Gasteiger partial charge in [0.1, 0.15) is 5.52 Å². The molecule has 5 nitrogen and oxygen atoms in total. The summed E-state index contributed by atoms with van der Waals surface area (Å²) in [7, 11) is -3.42. The third kappa shape index (κ3) is 2.33. The lowest BCUT2D eigenvalue weighted by Crippen LogP contribution is -2.37. The van der Waals surface area contributed by atoms with Crippen LogP contribution in [0, 0.1) is 12.8 Å². The molecule has 0 saturated carbocycles. The largest absolute Gasteiger partial charge is 0.441 e. The van der Waals surface area contributed by atoms with E-state index in [2.05, 4.69) is 11.9 Å². The Morgan fingerprint density at radius 2 is 2.00 bits per heavy atom. The van der Waals surface area contributed by atoms with Gasteiger partial charge in [0.05, 0.1) is 4.90 Å². The summed E-state index contributed by atoms with van der Waals surface area (Å²) in [6.07, 6.45) is 1.84. The van der Waals surface area contributed by atoms with Gasteiger partial charge in [0, 0.05) is 26.1 Å². The van der Waals surface area contributed by atoms with Crippen LogP contribution in [0.4, 0.5) is 0 Å². The van der Waals surface area contributed by atoms with E-state index in [0.29, 0.717) is 36.0 Å². The van der Waals surface area contributed by atoms with Crippen molar-refractivity contribution in [3.63, 3.8) is 0 Å². The van der Waals surface area contributed by atoms with Gasteiger partial charge in [0.2, 0.25) is 10.0 Å². The van der Waals surface area contributed by atoms with E-state index in [1.807, 2.05) is 0 Å². The number of aromatic nitrogens is 1. The minimum atomic E-state index is -3.42. The molecule has 6 heteroatoms. The molecule has 1 fully saturated rings. The highest BCUT2D eigenvalue weighted by atomic mass is 32.2. The average molecular weight is 294 g/mol. The Hall–Kier alpha value is -1.40. The maximum atomic E-state index is 12.6. The normalized spacial score (nSPS) is 18.7. The second kappa shape index (κ2) is 4.86. The van der Waals surface area contributed by atoms with Gasteiger partial charge in [0.15, 0.2) is 11.5 Å². The first-order valence-electron chi connectivity index (χ1n) is 6.84. The first-order valence-corrected chi connectivity index (χ1v) is 8.28. The lowest BCUT2D eigenvalue weighted by atomic mass is 10.0. The van der Waals surface area contributed by atoms with Crippen molar-refractivity contribution in [3.05, 3.63) is 24.1 Å². The van der Waals surface area contributed by atoms with Crippen LogP contribution in [0.3, 0.4) is 0 Å². The topological polar surface area (TPSA) is 63.4 Å². The lowest BCUT2D eigenvalue weighted by Gasteiger charge is -2.29. The molecule has 1 aliphatic rings. The van der Waals surface area contributed by atoms with E-state index in [0.717, 1.165) is 12.8 Å². The highest BCUT2D eigenvalue weighted by molar-refractivity contribution is 7.89. The van der Waals surface area contributed by atoms with E-state index >= 15 is 0 Å². The molecule has 0 radical (unpaired) electrons.